The summed E-state index contributed by atoms with van der Waals surface area (Å²) >= 11 is 0. The SMILES string of the molecule is CC(NC(=O)c1ccc(Cn2ccnc2)cc1)c1ccc(S(C)(=O)=O)cc1. The number of hydrogen-bond donors (Lipinski definition) is 1. The van der Waals surface area contributed by atoms with Crippen molar-refractivity contribution in [1.82, 2.24) is 14.9 Å². The average Bonchev–Trinajstić information content (AvgIpc) is 3.14. The van der Waals surface area contributed by atoms with Gasteiger partial charge in [-0.2, -0.15) is 0 Å². The van der Waals surface area contributed by atoms with Gasteiger partial charge >= 0.3 is 0 Å². The number of rotatable bonds is 6. The molecule has 7 heteroatoms. The van der Waals surface area contributed by atoms with E-state index in [1.54, 1.807) is 48.9 Å². The van der Waals surface area contributed by atoms with E-state index < -0.39 is 9.84 Å². The number of amides is 1. The highest BCUT2D eigenvalue weighted by Crippen LogP contribution is 2.17. The second kappa shape index (κ2) is 7.75. The van der Waals surface area contributed by atoms with Crippen molar-refractivity contribution in [3.63, 3.8) is 0 Å². The summed E-state index contributed by atoms with van der Waals surface area (Å²) in [6.45, 7) is 2.56. The van der Waals surface area contributed by atoms with Crippen LogP contribution in [0.3, 0.4) is 0 Å². The lowest BCUT2D eigenvalue weighted by Gasteiger charge is -2.15. The van der Waals surface area contributed by atoms with Gasteiger partial charge in [-0.25, -0.2) is 13.4 Å². The van der Waals surface area contributed by atoms with Gasteiger partial charge in [0.2, 0.25) is 0 Å². The summed E-state index contributed by atoms with van der Waals surface area (Å²) in [6.07, 6.45) is 6.53. The summed E-state index contributed by atoms with van der Waals surface area (Å²) in [5, 5.41) is 2.93. The third-order valence-electron chi connectivity index (χ3n) is 4.30. The normalized spacial score (nSPS) is 12.5. The molecule has 6 nitrogen and oxygen atoms in total. The van der Waals surface area contributed by atoms with E-state index >= 15 is 0 Å². The molecular weight excluding hydrogens is 362 g/mol. The Morgan fingerprint density at radius 1 is 1.11 bits per heavy atom. The van der Waals surface area contributed by atoms with Gasteiger partial charge < -0.3 is 9.88 Å². The van der Waals surface area contributed by atoms with Crippen molar-refractivity contribution >= 4 is 15.7 Å². The molecule has 3 rings (SSSR count). The Kier molecular flexibility index (Phi) is 5.41. The van der Waals surface area contributed by atoms with E-state index in [1.807, 2.05) is 29.8 Å². The number of aromatic nitrogens is 2. The van der Waals surface area contributed by atoms with Crippen molar-refractivity contribution in [2.45, 2.75) is 24.4 Å². The second-order valence-electron chi connectivity index (χ2n) is 6.47. The van der Waals surface area contributed by atoms with Gasteiger partial charge in [0, 0.05) is 30.8 Å². The van der Waals surface area contributed by atoms with Crippen LogP contribution in [0, 0.1) is 0 Å². The molecule has 2 aromatic carbocycles. The molecule has 0 aliphatic carbocycles. The summed E-state index contributed by atoms with van der Waals surface area (Å²) < 4.78 is 25.0. The number of sulfone groups is 1. The smallest absolute Gasteiger partial charge is 0.251 e. The number of carbonyl (C=O) groups is 1. The van der Waals surface area contributed by atoms with Gasteiger partial charge in [-0.1, -0.05) is 24.3 Å². The zero-order valence-corrected chi connectivity index (χ0v) is 16.0. The van der Waals surface area contributed by atoms with Gasteiger partial charge in [0.25, 0.3) is 5.91 Å². The van der Waals surface area contributed by atoms with Crippen LogP contribution in [-0.4, -0.2) is 30.1 Å². The molecule has 0 radical (unpaired) electrons. The monoisotopic (exact) mass is 383 g/mol. The maximum absolute atomic E-state index is 12.5. The van der Waals surface area contributed by atoms with Crippen LogP contribution in [0.25, 0.3) is 0 Å². The zero-order valence-electron chi connectivity index (χ0n) is 15.2. The van der Waals surface area contributed by atoms with Gasteiger partial charge in [0.05, 0.1) is 17.3 Å². The van der Waals surface area contributed by atoms with Crippen LogP contribution >= 0.6 is 0 Å². The van der Waals surface area contributed by atoms with Crippen molar-refractivity contribution in [2.75, 3.05) is 6.26 Å². The fraction of sp³-hybridized carbons (Fsp3) is 0.200. The summed E-state index contributed by atoms with van der Waals surface area (Å²) in [5.41, 5.74) is 2.49. The van der Waals surface area contributed by atoms with Crippen LogP contribution < -0.4 is 5.32 Å². The van der Waals surface area contributed by atoms with Gasteiger partial charge in [-0.05, 0) is 42.3 Å². The van der Waals surface area contributed by atoms with Crippen molar-refractivity contribution in [1.29, 1.82) is 0 Å². The predicted octanol–water partition coefficient (Wildman–Crippen LogP) is 2.83. The molecule has 27 heavy (non-hydrogen) atoms. The van der Waals surface area contributed by atoms with E-state index in [0.717, 1.165) is 11.1 Å². The Labute approximate surface area is 158 Å². The van der Waals surface area contributed by atoms with E-state index in [1.165, 1.54) is 6.26 Å². The standard InChI is InChI=1S/C20H21N3O3S/c1-15(17-7-9-19(10-8-17)27(2,25)26)22-20(24)18-5-3-16(4-6-18)13-23-12-11-21-14-23/h3-12,14-15H,13H2,1-2H3,(H,22,24). The average molecular weight is 383 g/mol. The number of imidazole rings is 1. The Morgan fingerprint density at radius 2 is 1.78 bits per heavy atom. The van der Waals surface area contributed by atoms with Crippen molar-refractivity contribution in [2.24, 2.45) is 0 Å². The Balaban J connectivity index is 1.64. The summed E-state index contributed by atoms with van der Waals surface area (Å²) in [7, 11) is -3.23. The van der Waals surface area contributed by atoms with E-state index in [4.69, 9.17) is 0 Å². The lowest BCUT2D eigenvalue weighted by molar-refractivity contribution is 0.0940. The molecule has 1 amide bonds. The van der Waals surface area contributed by atoms with Crippen molar-refractivity contribution in [3.05, 3.63) is 83.9 Å². The predicted molar refractivity (Wildman–Crippen MR) is 103 cm³/mol. The maximum Gasteiger partial charge on any atom is 0.251 e. The Morgan fingerprint density at radius 3 is 2.33 bits per heavy atom. The molecule has 0 bridgehead atoms. The van der Waals surface area contributed by atoms with E-state index in [-0.39, 0.29) is 16.8 Å². The van der Waals surface area contributed by atoms with Crippen LogP contribution in [0.15, 0.2) is 72.1 Å². The first-order valence-electron chi connectivity index (χ1n) is 8.48. The molecule has 1 unspecified atom stereocenters. The molecule has 0 spiro atoms. The van der Waals surface area contributed by atoms with E-state index in [0.29, 0.717) is 12.1 Å². The van der Waals surface area contributed by atoms with Gasteiger partial charge in [0.15, 0.2) is 9.84 Å². The Hall–Kier alpha value is -2.93. The molecule has 0 fully saturated rings. The van der Waals surface area contributed by atoms with Crippen LogP contribution in [-0.2, 0) is 16.4 Å². The van der Waals surface area contributed by atoms with E-state index in [9.17, 15) is 13.2 Å². The highest BCUT2D eigenvalue weighted by Gasteiger charge is 2.13. The largest absolute Gasteiger partial charge is 0.346 e. The van der Waals surface area contributed by atoms with Crippen LogP contribution in [0.4, 0.5) is 0 Å². The van der Waals surface area contributed by atoms with Crippen LogP contribution in [0.1, 0.15) is 34.5 Å². The number of nitrogens with zero attached hydrogens (tertiary/aromatic N) is 2. The first kappa shape index (κ1) is 18.8. The minimum absolute atomic E-state index is 0.177. The lowest BCUT2D eigenvalue weighted by Crippen LogP contribution is -2.26. The molecule has 0 saturated carbocycles. The van der Waals surface area contributed by atoms with Crippen LogP contribution in [0.2, 0.25) is 0 Å². The maximum atomic E-state index is 12.5. The Bertz CT molecular complexity index is 1010. The molecule has 1 aromatic heterocycles. The lowest BCUT2D eigenvalue weighted by atomic mass is 10.1. The summed E-state index contributed by atoms with van der Waals surface area (Å²) in [5.74, 6) is -0.177. The first-order valence-corrected chi connectivity index (χ1v) is 10.4. The molecule has 1 atom stereocenters. The number of hydrogen-bond acceptors (Lipinski definition) is 4. The van der Waals surface area contributed by atoms with Gasteiger partial charge in [0.1, 0.15) is 0 Å². The van der Waals surface area contributed by atoms with Crippen LogP contribution in [0.5, 0.6) is 0 Å². The molecule has 1 heterocycles. The molecule has 3 aromatic rings. The molecule has 140 valence electrons. The number of benzene rings is 2. The highest BCUT2D eigenvalue weighted by molar-refractivity contribution is 7.90. The third kappa shape index (κ3) is 4.83. The van der Waals surface area contributed by atoms with Crippen molar-refractivity contribution in [3.8, 4) is 0 Å². The molecular formula is C20H21N3O3S. The fourth-order valence-corrected chi connectivity index (χ4v) is 3.35. The minimum atomic E-state index is -3.23. The number of nitrogens with one attached hydrogen (secondary N) is 1. The van der Waals surface area contributed by atoms with E-state index in [2.05, 4.69) is 10.3 Å². The summed E-state index contributed by atoms with van der Waals surface area (Å²) in [6, 6.07) is 13.7. The molecule has 0 aliphatic rings. The fourth-order valence-electron chi connectivity index (χ4n) is 2.72. The third-order valence-corrected chi connectivity index (χ3v) is 5.42. The van der Waals surface area contributed by atoms with Gasteiger partial charge in [-0.3, -0.25) is 4.79 Å². The molecule has 0 aliphatic heterocycles. The van der Waals surface area contributed by atoms with Crippen molar-refractivity contribution < 1.29 is 13.2 Å². The second-order valence-corrected chi connectivity index (χ2v) is 8.48. The quantitative estimate of drug-likeness (QED) is 0.710. The highest BCUT2D eigenvalue weighted by atomic mass is 32.2. The molecule has 0 saturated heterocycles. The minimum Gasteiger partial charge on any atom is -0.346 e. The van der Waals surface area contributed by atoms with Gasteiger partial charge in [-0.15, -0.1) is 0 Å². The first-order chi connectivity index (χ1) is 12.8. The molecule has 1 N–H and O–H groups in total. The topological polar surface area (TPSA) is 81.1 Å². The number of carbonyl (C=O) groups excluding carboxylic acids is 1. The zero-order chi connectivity index (χ0) is 19.4. The summed E-state index contributed by atoms with van der Waals surface area (Å²) in [4.78, 5) is 16.7.